The van der Waals surface area contributed by atoms with Gasteiger partial charge in [0, 0.05) is 31.1 Å². The summed E-state index contributed by atoms with van der Waals surface area (Å²) in [6.45, 7) is 1.30. The van der Waals surface area contributed by atoms with Crippen molar-refractivity contribution in [2.24, 2.45) is 0 Å². The van der Waals surface area contributed by atoms with Crippen molar-refractivity contribution >= 4 is 29.1 Å². The summed E-state index contributed by atoms with van der Waals surface area (Å²) in [4.78, 5) is 29.1. The Hall–Kier alpha value is -3.11. The van der Waals surface area contributed by atoms with E-state index in [1.54, 1.807) is 0 Å². The largest absolute Gasteiger partial charge is 0.330 e. The van der Waals surface area contributed by atoms with Crippen molar-refractivity contribution in [3.63, 3.8) is 0 Å². The zero-order valence-corrected chi connectivity index (χ0v) is 18.5. The summed E-state index contributed by atoms with van der Waals surface area (Å²) in [5.41, 5.74) is 5.41. The first kappa shape index (κ1) is 20.8. The molecule has 2 heterocycles. The number of anilines is 1. The summed E-state index contributed by atoms with van der Waals surface area (Å²) < 4.78 is 0. The van der Waals surface area contributed by atoms with Crippen LogP contribution in [0.1, 0.15) is 47.1 Å². The first-order chi connectivity index (χ1) is 15.7. The van der Waals surface area contributed by atoms with E-state index in [-0.39, 0.29) is 29.7 Å². The number of hydrogen-bond acceptors (Lipinski definition) is 2. The molecule has 1 saturated heterocycles. The number of benzene rings is 3. The molecule has 4 nitrogen and oxygen atoms in total. The van der Waals surface area contributed by atoms with Crippen molar-refractivity contribution in [3.8, 4) is 0 Å². The SMILES string of the molecule is O=C1CCCN1c1cccc(C2c3ccccc3C(c3ccccc3)CN2C(=O)CCl)c1. The van der Waals surface area contributed by atoms with Gasteiger partial charge in [-0.15, -0.1) is 11.6 Å². The van der Waals surface area contributed by atoms with E-state index in [0.717, 1.165) is 29.8 Å². The second-order valence-corrected chi connectivity index (χ2v) is 8.69. The van der Waals surface area contributed by atoms with Gasteiger partial charge in [-0.05, 0) is 40.8 Å². The van der Waals surface area contributed by atoms with Crippen LogP contribution in [0, 0.1) is 0 Å². The summed E-state index contributed by atoms with van der Waals surface area (Å²) in [6.07, 6.45) is 1.47. The average molecular weight is 445 g/mol. The predicted molar refractivity (Wildman–Crippen MR) is 127 cm³/mol. The highest BCUT2D eigenvalue weighted by Crippen LogP contribution is 2.43. The molecule has 2 amide bonds. The van der Waals surface area contributed by atoms with Crippen LogP contribution in [0.25, 0.3) is 0 Å². The lowest BCUT2D eigenvalue weighted by Gasteiger charge is -2.42. The van der Waals surface area contributed by atoms with E-state index in [1.165, 1.54) is 11.1 Å². The minimum atomic E-state index is -0.241. The van der Waals surface area contributed by atoms with E-state index in [4.69, 9.17) is 11.6 Å². The molecule has 2 aliphatic rings. The van der Waals surface area contributed by atoms with E-state index in [2.05, 4.69) is 36.4 Å². The minimum Gasteiger partial charge on any atom is -0.330 e. The van der Waals surface area contributed by atoms with E-state index in [0.29, 0.717) is 13.0 Å². The molecule has 0 aliphatic carbocycles. The number of amides is 2. The fourth-order valence-corrected chi connectivity index (χ4v) is 5.24. The van der Waals surface area contributed by atoms with Crippen LogP contribution in [0.5, 0.6) is 0 Å². The third kappa shape index (κ3) is 3.69. The number of alkyl halides is 1. The Bertz CT molecular complexity index is 1150. The quantitative estimate of drug-likeness (QED) is 0.524. The zero-order chi connectivity index (χ0) is 22.1. The van der Waals surface area contributed by atoms with Crippen molar-refractivity contribution in [1.82, 2.24) is 4.90 Å². The molecule has 3 aromatic rings. The van der Waals surface area contributed by atoms with Gasteiger partial charge in [-0.3, -0.25) is 9.59 Å². The molecular formula is C27H25ClN2O2. The maximum Gasteiger partial charge on any atom is 0.238 e. The standard InChI is InChI=1S/C27H25ClN2O2/c28-17-26(32)30-18-24(19-8-2-1-3-9-19)22-12-4-5-13-23(22)27(30)20-10-6-11-21(16-20)29-15-7-14-25(29)31/h1-6,8-13,16,24,27H,7,14-15,17-18H2. The molecule has 0 bridgehead atoms. The van der Waals surface area contributed by atoms with E-state index in [1.807, 2.05) is 52.3 Å². The fraction of sp³-hybridized carbons (Fsp3) is 0.259. The van der Waals surface area contributed by atoms with Crippen molar-refractivity contribution < 1.29 is 9.59 Å². The van der Waals surface area contributed by atoms with Gasteiger partial charge in [0.15, 0.2) is 0 Å². The normalized spacial score (nSPS) is 20.3. The van der Waals surface area contributed by atoms with Crippen LogP contribution in [-0.2, 0) is 9.59 Å². The van der Waals surface area contributed by atoms with Gasteiger partial charge in [-0.2, -0.15) is 0 Å². The zero-order valence-electron chi connectivity index (χ0n) is 17.8. The van der Waals surface area contributed by atoms with Crippen LogP contribution in [-0.4, -0.2) is 35.7 Å². The Morgan fingerprint density at radius 3 is 2.34 bits per heavy atom. The van der Waals surface area contributed by atoms with Crippen LogP contribution in [0.15, 0.2) is 78.9 Å². The molecule has 5 rings (SSSR count). The van der Waals surface area contributed by atoms with E-state index >= 15 is 0 Å². The molecule has 0 radical (unpaired) electrons. The molecule has 1 fully saturated rings. The van der Waals surface area contributed by atoms with Crippen molar-refractivity contribution in [2.45, 2.75) is 24.8 Å². The maximum absolute atomic E-state index is 13.1. The highest BCUT2D eigenvalue weighted by molar-refractivity contribution is 6.27. The molecule has 2 unspecified atom stereocenters. The van der Waals surface area contributed by atoms with E-state index < -0.39 is 0 Å². The summed E-state index contributed by atoms with van der Waals surface area (Å²) >= 11 is 6.07. The summed E-state index contributed by atoms with van der Waals surface area (Å²) in [5, 5.41) is 0. The molecule has 2 aliphatic heterocycles. The first-order valence-electron chi connectivity index (χ1n) is 11.1. The van der Waals surface area contributed by atoms with Gasteiger partial charge >= 0.3 is 0 Å². The molecule has 0 aromatic heterocycles. The lowest BCUT2D eigenvalue weighted by Crippen LogP contribution is -2.43. The van der Waals surface area contributed by atoms with Gasteiger partial charge in [0.2, 0.25) is 11.8 Å². The topological polar surface area (TPSA) is 40.6 Å². The molecule has 5 heteroatoms. The number of carbonyl (C=O) groups excluding carboxylic acids is 2. The van der Waals surface area contributed by atoms with Crippen LogP contribution < -0.4 is 4.90 Å². The van der Waals surface area contributed by atoms with Crippen molar-refractivity contribution in [3.05, 3.63) is 101 Å². The number of nitrogens with zero attached hydrogens (tertiary/aromatic N) is 2. The van der Waals surface area contributed by atoms with Crippen molar-refractivity contribution in [2.75, 3.05) is 23.9 Å². The van der Waals surface area contributed by atoms with E-state index in [9.17, 15) is 9.59 Å². The van der Waals surface area contributed by atoms with Gasteiger partial charge in [-0.25, -0.2) is 0 Å². The van der Waals surface area contributed by atoms with Gasteiger partial charge < -0.3 is 9.80 Å². The fourth-order valence-electron chi connectivity index (χ4n) is 5.08. The minimum absolute atomic E-state index is 0.0650. The second kappa shape index (κ2) is 8.79. The Balaban J connectivity index is 1.63. The molecule has 0 N–H and O–H groups in total. The highest BCUT2D eigenvalue weighted by atomic mass is 35.5. The number of halogens is 1. The number of carbonyl (C=O) groups is 2. The smallest absolute Gasteiger partial charge is 0.238 e. The number of rotatable bonds is 4. The van der Waals surface area contributed by atoms with Gasteiger partial charge in [0.05, 0.1) is 6.04 Å². The van der Waals surface area contributed by atoms with Crippen LogP contribution in [0.2, 0.25) is 0 Å². The Morgan fingerprint density at radius 1 is 0.906 bits per heavy atom. The molecule has 0 saturated carbocycles. The summed E-state index contributed by atoms with van der Waals surface area (Å²) in [6, 6.07) is 26.5. The Labute approximate surface area is 193 Å². The molecule has 3 aromatic carbocycles. The van der Waals surface area contributed by atoms with Crippen molar-refractivity contribution in [1.29, 1.82) is 0 Å². The van der Waals surface area contributed by atoms with Crippen LogP contribution in [0.3, 0.4) is 0 Å². The number of hydrogen-bond donors (Lipinski definition) is 0. The summed E-state index contributed by atoms with van der Waals surface area (Å²) in [5.74, 6) is 0.0859. The lowest BCUT2D eigenvalue weighted by molar-refractivity contribution is -0.130. The molecule has 162 valence electrons. The third-order valence-corrected chi connectivity index (χ3v) is 6.79. The molecule has 0 spiro atoms. The lowest BCUT2D eigenvalue weighted by atomic mass is 9.79. The van der Waals surface area contributed by atoms with Crippen LogP contribution in [0.4, 0.5) is 5.69 Å². The second-order valence-electron chi connectivity index (χ2n) is 8.42. The maximum atomic E-state index is 13.1. The molecule has 32 heavy (non-hydrogen) atoms. The van der Waals surface area contributed by atoms with Crippen LogP contribution >= 0.6 is 11.6 Å². The van der Waals surface area contributed by atoms with Gasteiger partial charge in [-0.1, -0.05) is 66.7 Å². The number of fused-ring (bicyclic) bond motifs is 1. The molecular weight excluding hydrogens is 420 g/mol. The van der Waals surface area contributed by atoms with Gasteiger partial charge in [0.25, 0.3) is 0 Å². The monoisotopic (exact) mass is 444 g/mol. The molecule has 2 atom stereocenters. The Morgan fingerprint density at radius 2 is 1.62 bits per heavy atom. The third-order valence-electron chi connectivity index (χ3n) is 6.56. The highest BCUT2D eigenvalue weighted by Gasteiger charge is 2.37. The average Bonchev–Trinajstić information content (AvgIpc) is 3.29. The van der Waals surface area contributed by atoms with Gasteiger partial charge in [0.1, 0.15) is 5.88 Å². The Kier molecular flexibility index (Phi) is 5.71. The summed E-state index contributed by atoms with van der Waals surface area (Å²) in [7, 11) is 0. The first-order valence-corrected chi connectivity index (χ1v) is 11.6. The predicted octanol–water partition coefficient (Wildman–Crippen LogP) is 5.12.